The Hall–Kier alpha value is -6.74. The molecule has 0 radical (unpaired) electrons. The second-order valence-corrected chi connectivity index (χ2v) is 14.0. The summed E-state index contributed by atoms with van der Waals surface area (Å²) in [5, 5.41) is 12.0. The highest BCUT2D eigenvalue weighted by Gasteiger charge is 2.63. The predicted octanol–water partition coefficient (Wildman–Crippen LogP) is 6.54. The number of ketones is 2. The van der Waals surface area contributed by atoms with Crippen LogP contribution in [0.1, 0.15) is 40.6 Å². The number of para-hydroxylation sites is 1. The van der Waals surface area contributed by atoms with Gasteiger partial charge in [-0.15, -0.1) is 0 Å². The lowest BCUT2D eigenvalue weighted by Crippen LogP contribution is -2.58. The van der Waals surface area contributed by atoms with Crippen LogP contribution in [0.15, 0.2) is 167 Å². The smallest absolute Gasteiger partial charge is 0.352 e. The summed E-state index contributed by atoms with van der Waals surface area (Å²) in [5.41, 5.74) is 1.47. The summed E-state index contributed by atoms with van der Waals surface area (Å²) in [5.74, 6) is -2.07. The number of hydrogen-bond donors (Lipinski definition) is 1. The fourth-order valence-electron chi connectivity index (χ4n) is 8.88. The Balaban J connectivity index is 1.27. The number of carbonyl (C=O) groups excluding carboxylic acids is 2. The van der Waals surface area contributed by atoms with E-state index in [1.807, 2.05) is 91.0 Å². The lowest BCUT2D eigenvalue weighted by Gasteiger charge is -2.54. The number of carbonyl (C=O) groups is 2. The maximum absolute atomic E-state index is 15.2. The molecule has 9 heteroatoms. The number of nitrogens with zero attached hydrogens (tertiary/aromatic N) is 3. The van der Waals surface area contributed by atoms with Crippen LogP contribution in [0.2, 0.25) is 0 Å². The molecule has 0 spiro atoms. The molecule has 1 aromatic heterocycles. The van der Waals surface area contributed by atoms with Crippen molar-refractivity contribution in [3.63, 3.8) is 0 Å². The fraction of sp³-hybridized carbons (Fsp3) is 0.156. The summed E-state index contributed by atoms with van der Waals surface area (Å²) in [6.07, 6.45) is 3.42. The van der Waals surface area contributed by atoms with Crippen molar-refractivity contribution in [2.75, 3.05) is 0 Å². The Kier molecular flexibility index (Phi) is 8.00. The SMILES string of the molecule is O=C1C(c2ccccc2)=CC(=O)C2(c3ccccc3)C1CC1C(=CCn3c(=O)n(-c4ccccc4)c(=O)n31)C2c1ccc(OCc2ccccc2)cc1O. The normalized spacial score (nSPS) is 21.7. The molecule has 5 aromatic carbocycles. The predicted molar refractivity (Wildman–Crippen MR) is 204 cm³/mol. The molecule has 0 amide bonds. The Bertz CT molecular complexity index is 2600. The average molecular weight is 714 g/mol. The highest BCUT2D eigenvalue weighted by atomic mass is 16.5. The summed E-state index contributed by atoms with van der Waals surface area (Å²) in [6, 6.07) is 41.0. The van der Waals surface area contributed by atoms with Gasteiger partial charge in [0, 0.05) is 29.0 Å². The third-order valence-electron chi connectivity index (χ3n) is 11.2. The number of ether oxygens (including phenoxy) is 1. The number of phenols is 1. The minimum atomic E-state index is -1.49. The first-order valence-electron chi connectivity index (χ1n) is 18.0. The molecule has 4 unspecified atom stereocenters. The molecule has 1 fully saturated rings. The van der Waals surface area contributed by atoms with Crippen molar-refractivity contribution in [2.24, 2.45) is 5.92 Å². The number of benzene rings is 5. The minimum Gasteiger partial charge on any atom is -0.508 e. The van der Waals surface area contributed by atoms with Gasteiger partial charge in [-0.2, -0.15) is 0 Å². The topological polar surface area (TPSA) is 113 Å². The lowest BCUT2D eigenvalue weighted by molar-refractivity contribution is -0.133. The van der Waals surface area contributed by atoms with Crippen molar-refractivity contribution in [3.8, 4) is 17.2 Å². The number of Topliss-reactive ketones (excluding diaryl/α,β-unsaturated/α-hetero) is 1. The number of hydrogen-bond acceptors (Lipinski definition) is 6. The van der Waals surface area contributed by atoms with Gasteiger partial charge in [-0.3, -0.25) is 9.59 Å². The summed E-state index contributed by atoms with van der Waals surface area (Å²) < 4.78 is 10.1. The molecule has 1 aliphatic heterocycles. The van der Waals surface area contributed by atoms with Gasteiger partial charge in [-0.1, -0.05) is 121 Å². The quantitative estimate of drug-likeness (QED) is 0.188. The zero-order valence-electron chi connectivity index (χ0n) is 29.1. The van der Waals surface area contributed by atoms with Gasteiger partial charge in [-0.05, 0) is 53.0 Å². The van der Waals surface area contributed by atoms with Crippen LogP contribution in [0.3, 0.4) is 0 Å². The van der Waals surface area contributed by atoms with Gasteiger partial charge >= 0.3 is 11.4 Å². The number of fused-ring (bicyclic) bond motifs is 4. The van der Waals surface area contributed by atoms with Crippen LogP contribution in [0, 0.1) is 5.92 Å². The van der Waals surface area contributed by atoms with Crippen LogP contribution in [0.4, 0.5) is 0 Å². The second-order valence-electron chi connectivity index (χ2n) is 14.0. The monoisotopic (exact) mass is 713 g/mol. The van der Waals surface area contributed by atoms with Crippen LogP contribution in [-0.2, 0) is 28.2 Å². The molecule has 9 nitrogen and oxygen atoms in total. The molecule has 4 atom stereocenters. The van der Waals surface area contributed by atoms with E-state index >= 15 is 9.59 Å². The van der Waals surface area contributed by atoms with Crippen LogP contribution in [0.5, 0.6) is 11.5 Å². The molecule has 1 saturated carbocycles. The number of aromatic hydroxyl groups is 1. The zero-order valence-corrected chi connectivity index (χ0v) is 29.1. The van der Waals surface area contributed by atoms with Gasteiger partial charge in [0.2, 0.25) is 0 Å². The summed E-state index contributed by atoms with van der Waals surface area (Å²) in [7, 11) is 0. The fourth-order valence-corrected chi connectivity index (χ4v) is 8.88. The average Bonchev–Trinajstić information content (AvgIpc) is 3.48. The van der Waals surface area contributed by atoms with Crippen molar-refractivity contribution in [1.82, 2.24) is 13.9 Å². The molecular weight excluding hydrogens is 679 g/mol. The molecule has 266 valence electrons. The first kappa shape index (κ1) is 33.1. The van der Waals surface area contributed by atoms with Crippen LogP contribution < -0.4 is 16.1 Å². The highest BCUT2D eigenvalue weighted by Crippen LogP contribution is 2.62. The molecule has 6 aromatic rings. The van der Waals surface area contributed by atoms with E-state index in [2.05, 4.69) is 0 Å². The van der Waals surface area contributed by atoms with E-state index in [0.717, 1.165) is 10.1 Å². The van der Waals surface area contributed by atoms with Crippen molar-refractivity contribution >= 4 is 17.1 Å². The molecule has 1 N–H and O–H groups in total. The Morgan fingerprint density at radius 1 is 0.741 bits per heavy atom. The van der Waals surface area contributed by atoms with Gasteiger partial charge in [0.25, 0.3) is 0 Å². The summed E-state index contributed by atoms with van der Waals surface area (Å²) >= 11 is 0. The highest BCUT2D eigenvalue weighted by molar-refractivity contribution is 6.31. The molecule has 3 aliphatic rings. The molecule has 2 heterocycles. The van der Waals surface area contributed by atoms with E-state index in [4.69, 9.17) is 4.74 Å². The van der Waals surface area contributed by atoms with E-state index in [9.17, 15) is 14.7 Å². The van der Waals surface area contributed by atoms with Crippen molar-refractivity contribution in [2.45, 2.75) is 36.9 Å². The zero-order chi connectivity index (χ0) is 37.0. The molecule has 0 saturated heterocycles. The summed E-state index contributed by atoms with van der Waals surface area (Å²) in [6.45, 7) is 0.337. The Morgan fingerprint density at radius 3 is 2.07 bits per heavy atom. The second kappa shape index (κ2) is 13.0. The van der Waals surface area contributed by atoms with Gasteiger partial charge in [-0.25, -0.2) is 23.5 Å². The first-order valence-corrected chi connectivity index (χ1v) is 18.0. The van der Waals surface area contributed by atoms with Crippen LogP contribution >= 0.6 is 0 Å². The Morgan fingerprint density at radius 2 is 1.39 bits per heavy atom. The number of allylic oxidation sites excluding steroid dienone is 4. The summed E-state index contributed by atoms with van der Waals surface area (Å²) in [4.78, 5) is 58.7. The van der Waals surface area contributed by atoms with E-state index in [1.165, 1.54) is 21.5 Å². The van der Waals surface area contributed by atoms with Gasteiger partial charge < -0.3 is 9.84 Å². The molecular formula is C45H35N3O6. The van der Waals surface area contributed by atoms with Gasteiger partial charge in [0.05, 0.1) is 23.7 Å². The minimum absolute atomic E-state index is 0.0536. The molecule has 2 aliphatic carbocycles. The van der Waals surface area contributed by atoms with Gasteiger partial charge in [0.1, 0.15) is 18.1 Å². The largest absolute Gasteiger partial charge is 0.508 e. The van der Waals surface area contributed by atoms with E-state index in [0.29, 0.717) is 39.3 Å². The first-order chi connectivity index (χ1) is 26.4. The molecule has 9 rings (SSSR count). The lowest BCUT2D eigenvalue weighted by atomic mass is 9.47. The van der Waals surface area contributed by atoms with E-state index in [-0.39, 0.29) is 36.9 Å². The maximum atomic E-state index is 15.2. The van der Waals surface area contributed by atoms with Crippen LogP contribution in [0.25, 0.3) is 11.3 Å². The number of rotatable bonds is 7. The van der Waals surface area contributed by atoms with Crippen molar-refractivity contribution < 1.29 is 19.4 Å². The maximum Gasteiger partial charge on any atom is 0.352 e. The standard InChI is InChI=1S/C45H35N3O6/c49-39-25-33(54-28-29-13-5-1-6-14-29)21-22-35(39)41-34-23-24-46-43(52)47(32-19-11-4-12-20-32)44(53)48(46)38(34)27-37-42(51)36(30-15-7-2-8-16-30)26-40(50)45(37,41)31-17-9-3-10-18-31/h1-23,25-26,37-38,41,49H,24,27-28H2. The number of aromatic nitrogens is 3. The van der Waals surface area contributed by atoms with Crippen molar-refractivity contribution in [3.05, 3.63) is 200 Å². The third kappa shape index (κ3) is 5.07. The van der Waals surface area contributed by atoms with Gasteiger partial charge in [0.15, 0.2) is 11.6 Å². The van der Waals surface area contributed by atoms with E-state index in [1.54, 1.807) is 48.5 Å². The Labute approximate surface area is 310 Å². The molecule has 54 heavy (non-hydrogen) atoms. The third-order valence-corrected chi connectivity index (χ3v) is 11.2. The van der Waals surface area contributed by atoms with Crippen LogP contribution in [-0.4, -0.2) is 30.6 Å². The van der Waals surface area contributed by atoms with Crippen molar-refractivity contribution in [1.29, 1.82) is 0 Å². The van der Waals surface area contributed by atoms with E-state index < -0.39 is 34.7 Å². The number of phenolic OH excluding ortho intramolecular Hbond substituents is 1. The molecule has 0 bridgehead atoms.